The van der Waals surface area contributed by atoms with Crippen LogP contribution in [0.2, 0.25) is 0 Å². The lowest BCUT2D eigenvalue weighted by Gasteiger charge is -2.33. The van der Waals surface area contributed by atoms with Crippen molar-refractivity contribution in [2.45, 2.75) is 50.5 Å². The minimum Gasteiger partial charge on any atom is -0.468 e. The van der Waals surface area contributed by atoms with Crippen LogP contribution in [0.1, 0.15) is 48.6 Å². The fraction of sp³-hybridized carbons (Fsp3) is 0.500. The number of nitrogens with one attached hydrogen (secondary N) is 2. The summed E-state index contributed by atoms with van der Waals surface area (Å²) in [5.41, 5.74) is 1.95. The SMILES string of the molecule is Cc1ccc(S(=O)(=O)NCCC(=O)NC[C@H](c2ccco2)N2CCCCC2)cc1C. The van der Waals surface area contributed by atoms with Crippen LogP contribution in [0.4, 0.5) is 0 Å². The Balaban J connectivity index is 1.50. The molecule has 1 aromatic carbocycles. The Bertz CT molecular complexity index is 935. The number of hydrogen-bond acceptors (Lipinski definition) is 5. The van der Waals surface area contributed by atoms with Gasteiger partial charge in [-0.3, -0.25) is 9.69 Å². The lowest BCUT2D eigenvalue weighted by molar-refractivity contribution is -0.121. The summed E-state index contributed by atoms with van der Waals surface area (Å²) in [5, 5.41) is 2.94. The van der Waals surface area contributed by atoms with E-state index in [0.29, 0.717) is 6.54 Å². The van der Waals surface area contributed by atoms with E-state index in [9.17, 15) is 13.2 Å². The molecular weight excluding hydrogens is 402 g/mol. The normalized spacial score (nSPS) is 16.3. The number of amides is 1. The molecule has 3 rings (SSSR count). The second-order valence-corrected chi connectivity index (χ2v) is 9.59. The standard InChI is InChI=1S/C22H31N3O4S/c1-17-8-9-19(15-18(17)2)30(27,28)24-11-10-22(26)23-16-20(21-7-6-14-29-21)25-12-4-3-5-13-25/h6-9,14-15,20,24H,3-5,10-13,16H2,1-2H3,(H,23,26)/t20-/m1/s1. The van der Waals surface area contributed by atoms with Crippen molar-refractivity contribution in [3.63, 3.8) is 0 Å². The smallest absolute Gasteiger partial charge is 0.240 e. The number of carbonyl (C=O) groups is 1. The highest BCUT2D eigenvalue weighted by molar-refractivity contribution is 7.89. The summed E-state index contributed by atoms with van der Waals surface area (Å²) >= 11 is 0. The molecule has 0 spiro atoms. The van der Waals surface area contributed by atoms with Gasteiger partial charge in [0.15, 0.2) is 0 Å². The Morgan fingerprint density at radius 3 is 2.57 bits per heavy atom. The topological polar surface area (TPSA) is 91.6 Å². The summed E-state index contributed by atoms with van der Waals surface area (Å²) in [6.07, 6.45) is 5.25. The van der Waals surface area contributed by atoms with E-state index >= 15 is 0 Å². The molecule has 0 aliphatic carbocycles. The quantitative estimate of drug-likeness (QED) is 0.634. The summed E-state index contributed by atoms with van der Waals surface area (Å²) < 4.78 is 33.0. The van der Waals surface area contributed by atoms with Crippen LogP contribution in [0.15, 0.2) is 45.9 Å². The first-order chi connectivity index (χ1) is 14.4. The molecule has 0 bridgehead atoms. The zero-order valence-electron chi connectivity index (χ0n) is 17.7. The zero-order valence-corrected chi connectivity index (χ0v) is 18.5. The van der Waals surface area contributed by atoms with Gasteiger partial charge in [0.25, 0.3) is 0 Å². The van der Waals surface area contributed by atoms with Gasteiger partial charge in [-0.1, -0.05) is 12.5 Å². The van der Waals surface area contributed by atoms with Crippen molar-refractivity contribution in [2.75, 3.05) is 26.2 Å². The maximum absolute atomic E-state index is 12.4. The van der Waals surface area contributed by atoms with E-state index < -0.39 is 10.0 Å². The molecule has 30 heavy (non-hydrogen) atoms. The third kappa shape index (κ3) is 5.93. The minimum absolute atomic E-state index is 0.00326. The number of likely N-dealkylation sites (tertiary alicyclic amines) is 1. The van der Waals surface area contributed by atoms with Crippen LogP contribution in [-0.4, -0.2) is 45.4 Å². The summed E-state index contributed by atoms with van der Waals surface area (Å²) in [6.45, 7) is 6.27. The molecule has 0 unspecified atom stereocenters. The van der Waals surface area contributed by atoms with Crippen molar-refractivity contribution in [3.05, 3.63) is 53.5 Å². The molecule has 1 aromatic heterocycles. The van der Waals surface area contributed by atoms with E-state index in [1.54, 1.807) is 24.5 Å². The number of carbonyl (C=O) groups excluding carboxylic acids is 1. The Morgan fingerprint density at radius 1 is 1.13 bits per heavy atom. The van der Waals surface area contributed by atoms with Gasteiger partial charge in [0.05, 0.1) is 17.2 Å². The van der Waals surface area contributed by atoms with Gasteiger partial charge in [0.2, 0.25) is 15.9 Å². The number of nitrogens with zero attached hydrogens (tertiary/aromatic N) is 1. The van der Waals surface area contributed by atoms with Crippen molar-refractivity contribution in [1.82, 2.24) is 14.9 Å². The molecule has 1 aliphatic heterocycles. The van der Waals surface area contributed by atoms with Crippen LogP contribution in [0.3, 0.4) is 0 Å². The fourth-order valence-corrected chi connectivity index (χ4v) is 4.80. The van der Waals surface area contributed by atoms with Gasteiger partial charge < -0.3 is 9.73 Å². The van der Waals surface area contributed by atoms with Crippen LogP contribution in [0.25, 0.3) is 0 Å². The summed E-state index contributed by atoms with van der Waals surface area (Å²) in [5.74, 6) is 0.652. The Morgan fingerprint density at radius 2 is 1.90 bits per heavy atom. The second kappa shape index (κ2) is 10.2. The highest BCUT2D eigenvalue weighted by Gasteiger charge is 2.25. The molecule has 7 nitrogen and oxygen atoms in total. The molecule has 1 saturated heterocycles. The van der Waals surface area contributed by atoms with Crippen molar-refractivity contribution < 1.29 is 17.6 Å². The van der Waals surface area contributed by atoms with E-state index in [0.717, 1.165) is 42.8 Å². The molecule has 2 aromatic rings. The average molecular weight is 434 g/mol. The van der Waals surface area contributed by atoms with Gasteiger partial charge in [0, 0.05) is 19.5 Å². The van der Waals surface area contributed by atoms with Crippen molar-refractivity contribution in [2.24, 2.45) is 0 Å². The number of rotatable bonds is 9. The highest BCUT2D eigenvalue weighted by atomic mass is 32.2. The van der Waals surface area contributed by atoms with Crippen LogP contribution in [0.5, 0.6) is 0 Å². The van der Waals surface area contributed by atoms with Crippen molar-refractivity contribution in [3.8, 4) is 0 Å². The molecule has 2 heterocycles. The number of benzene rings is 1. The Labute approximate surface area is 178 Å². The van der Waals surface area contributed by atoms with Gasteiger partial charge in [-0.25, -0.2) is 13.1 Å². The first-order valence-corrected chi connectivity index (χ1v) is 12.0. The van der Waals surface area contributed by atoms with E-state index in [1.165, 1.54) is 6.42 Å². The third-order valence-electron chi connectivity index (χ3n) is 5.63. The largest absolute Gasteiger partial charge is 0.468 e. The van der Waals surface area contributed by atoms with E-state index in [1.807, 2.05) is 26.0 Å². The van der Waals surface area contributed by atoms with E-state index in [4.69, 9.17) is 4.42 Å². The summed E-state index contributed by atoms with van der Waals surface area (Å²) in [7, 11) is -3.63. The number of sulfonamides is 1. The first-order valence-electron chi connectivity index (χ1n) is 10.5. The van der Waals surface area contributed by atoms with Gasteiger partial charge >= 0.3 is 0 Å². The number of piperidine rings is 1. The van der Waals surface area contributed by atoms with Crippen molar-refractivity contribution in [1.29, 1.82) is 0 Å². The molecule has 1 amide bonds. The number of aryl methyl sites for hydroxylation is 2. The van der Waals surface area contributed by atoms with E-state index in [-0.39, 0.29) is 29.8 Å². The lowest BCUT2D eigenvalue weighted by atomic mass is 10.1. The number of furan rings is 1. The Hall–Kier alpha value is -2.16. The van der Waals surface area contributed by atoms with Gasteiger partial charge in [0.1, 0.15) is 5.76 Å². The van der Waals surface area contributed by atoms with Gasteiger partial charge in [-0.05, 0) is 75.2 Å². The maximum Gasteiger partial charge on any atom is 0.240 e. The zero-order chi connectivity index (χ0) is 21.6. The average Bonchev–Trinajstić information content (AvgIpc) is 3.25. The highest BCUT2D eigenvalue weighted by Crippen LogP contribution is 2.24. The lowest BCUT2D eigenvalue weighted by Crippen LogP contribution is -2.41. The molecule has 1 fully saturated rings. The van der Waals surface area contributed by atoms with Gasteiger partial charge in [-0.15, -0.1) is 0 Å². The molecule has 0 radical (unpaired) electrons. The Kier molecular flexibility index (Phi) is 7.69. The second-order valence-electron chi connectivity index (χ2n) is 7.83. The fourth-order valence-electron chi connectivity index (χ4n) is 3.68. The maximum atomic E-state index is 12.4. The molecule has 164 valence electrons. The molecule has 2 N–H and O–H groups in total. The monoisotopic (exact) mass is 433 g/mol. The first kappa shape index (κ1) is 22.5. The molecular formula is C22H31N3O4S. The van der Waals surface area contributed by atoms with Gasteiger partial charge in [-0.2, -0.15) is 0 Å². The van der Waals surface area contributed by atoms with Crippen molar-refractivity contribution >= 4 is 15.9 Å². The third-order valence-corrected chi connectivity index (χ3v) is 7.09. The van der Waals surface area contributed by atoms with E-state index in [2.05, 4.69) is 14.9 Å². The van der Waals surface area contributed by atoms with Crippen LogP contribution in [0, 0.1) is 13.8 Å². The molecule has 1 atom stereocenters. The predicted octanol–water partition coefficient (Wildman–Crippen LogP) is 2.91. The van der Waals surface area contributed by atoms with Crippen LogP contribution < -0.4 is 10.0 Å². The summed E-state index contributed by atoms with van der Waals surface area (Å²) in [6, 6.07) is 8.79. The molecule has 8 heteroatoms. The predicted molar refractivity (Wildman–Crippen MR) is 116 cm³/mol. The molecule has 1 aliphatic rings. The van der Waals surface area contributed by atoms with Crippen LogP contribution >= 0.6 is 0 Å². The minimum atomic E-state index is -3.63. The number of hydrogen-bond donors (Lipinski definition) is 2. The summed E-state index contributed by atoms with van der Waals surface area (Å²) in [4.78, 5) is 14.9. The van der Waals surface area contributed by atoms with Crippen LogP contribution in [-0.2, 0) is 14.8 Å². The molecule has 0 saturated carbocycles.